The third kappa shape index (κ3) is 7.13. The van der Waals surface area contributed by atoms with Crippen molar-refractivity contribution in [3.05, 3.63) is 0 Å². The Hall–Kier alpha value is -1.28. The molecule has 104 valence electrons. The summed E-state index contributed by atoms with van der Waals surface area (Å²) in [7, 11) is 0. The van der Waals surface area contributed by atoms with Crippen molar-refractivity contribution in [2.24, 2.45) is 5.73 Å². The number of nitrogens with one attached hydrogen (secondary N) is 1. The van der Waals surface area contributed by atoms with Crippen LogP contribution in [0.15, 0.2) is 0 Å². The quantitative estimate of drug-likeness (QED) is 0.360. The SMILES string of the molecule is N[C@@H](CCCC(=O)N[C@@H](CCS)C(=O)O)C(=O)O. The highest BCUT2D eigenvalue weighted by Crippen LogP contribution is 2.01. The van der Waals surface area contributed by atoms with E-state index >= 15 is 0 Å². The van der Waals surface area contributed by atoms with Crippen molar-refractivity contribution in [2.45, 2.75) is 37.8 Å². The maximum Gasteiger partial charge on any atom is 0.326 e. The molecule has 0 saturated carbocycles. The molecular weight excluding hydrogens is 260 g/mol. The Labute approximate surface area is 110 Å². The second kappa shape index (κ2) is 8.76. The molecule has 0 bridgehead atoms. The number of amides is 1. The molecule has 0 heterocycles. The van der Waals surface area contributed by atoms with E-state index in [9.17, 15) is 14.4 Å². The van der Waals surface area contributed by atoms with E-state index in [-0.39, 0.29) is 19.3 Å². The van der Waals surface area contributed by atoms with Gasteiger partial charge in [0, 0.05) is 6.42 Å². The summed E-state index contributed by atoms with van der Waals surface area (Å²) in [6.45, 7) is 0. The Morgan fingerprint density at radius 2 is 1.78 bits per heavy atom. The van der Waals surface area contributed by atoms with Gasteiger partial charge in [0.1, 0.15) is 12.1 Å². The van der Waals surface area contributed by atoms with Crippen molar-refractivity contribution in [3.63, 3.8) is 0 Å². The first-order valence-corrected chi connectivity index (χ1v) is 6.13. The molecule has 0 fully saturated rings. The van der Waals surface area contributed by atoms with Crippen LogP contribution in [0.1, 0.15) is 25.7 Å². The van der Waals surface area contributed by atoms with Crippen LogP contribution in [-0.2, 0) is 14.4 Å². The van der Waals surface area contributed by atoms with Crippen LogP contribution in [0.25, 0.3) is 0 Å². The summed E-state index contributed by atoms with van der Waals surface area (Å²) in [5.74, 6) is -2.31. The lowest BCUT2D eigenvalue weighted by Gasteiger charge is -2.13. The number of aliphatic carboxylic acids is 2. The zero-order valence-electron chi connectivity index (χ0n) is 9.83. The Morgan fingerprint density at radius 1 is 1.17 bits per heavy atom. The summed E-state index contributed by atoms with van der Waals surface area (Å²) >= 11 is 3.90. The van der Waals surface area contributed by atoms with Crippen molar-refractivity contribution in [3.8, 4) is 0 Å². The predicted molar refractivity (Wildman–Crippen MR) is 67.5 cm³/mol. The van der Waals surface area contributed by atoms with Crippen LogP contribution in [-0.4, -0.2) is 45.9 Å². The molecule has 1 amide bonds. The number of carboxylic acid groups (broad SMARTS) is 2. The van der Waals surface area contributed by atoms with Crippen LogP contribution >= 0.6 is 12.6 Å². The van der Waals surface area contributed by atoms with Gasteiger partial charge in [-0.1, -0.05) is 0 Å². The summed E-state index contributed by atoms with van der Waals surface area (Å²) in [4.78, 5) is 32.6. The second-order valence-corrected chi connectivity index (χ2v) is 4.25. The molecule has 0 radical (unpaired) electrons. The Kier molecular flexibility index (Phi) is 8.14. The number of nitrogens with two attached hydrogens (primary N) is 1. The highest BCUT2D eigenvalue weighted by Gasteiger charge is 2.19. The third-order valence-corrected chi connectivity index (χ3v) is 2.55. The molecule has 0 aliphatic rings. The minimum atomic E-state index is -1.12. The first kappa shape index (κ1) is 16.7. The van der Waals surface area contributed by atoms with Gasteiger partial charge in [0.05, 0.1) is 0 Å². The zero-order chi connectivity index (χ0) is 14.1. The fourth-order valence-corrected chi connectivity index (χ4v) is 1.52. The molecule has 0 aromatic heterocycles. The van der Waals surface area contributed by atoms with Crippen molar-refractivity contribution in [1.82, 2.24) is 5.32 Å². The van der Waals surface area contributed by atoms with E-state index in [1.165, 1.54) is 0 Å². The number of hydrogen-bond donors (Lipinski definition) is 5. The van der Waals surface area contributed by atoms with Gasteiger partial charge in [0.25, 0.3) is 0 Å². The number of carbonyl (C=O) groups excluding carboxylic acids is 1. The average Bonchev–Trinajstić information content (AvgIpc) is 2.27. The minimum Gasteiger partial charge on any atom is -0.480 e. The van der Waals surface area contributed by atoms with Crippen molar-refractivity contribution < 1.29 is 24.6 Å². The average molecular weight is 278 g/mol. The Balaban J connectivity index is 3.95. The standard InChI is InChI=1S/C10H18N2O5S/c11-6(9(14)15)2-1-3-8(13)12-7(4-5-18)10(16)17/h6-7,18H,1-5,11H2,(H,12,13)(H,14,15)(H,16,17)/t6-,7-/m0/s1. The lowest BCUT2D eigenvalue weighted by molar-refractivity contribution is -0.141. The van der Waals surface area contributed by atoms with E-state index in [1.54, 1.807) is 0 Å². The molecule has 2 atom stereocenters. The fourth-order valence-electron chi connectivity index (χ4n) is 1.26. The number of hydrogen-bond acceptors (Lipinski definition) is 5. The molecule has 0 unspecified atom stereocenters. The summed E-state index contributed by atoms with van der Waals surface area (Å²) in [6, 6.07) is -1.95. The van der Waals surface area contributed by atoms with E-state index in [0.717, 1.165) is 0 Å². The van der Waals surface area contributed by atoms with Crippen LogP contribution in [0.2, 0.25) is 0 Å². The van der Waals surface area contributed by atoms with Gasteiger partial charge in [-0.3, -0.25) is 9.59 Å². The van der Waals surface area contributed by atoms with E-state index in [4.69, 9.17) is 15.9 Å². The Bertz CT molecular complexity index is 311. The topological polar surface area (TPSA) is 130 Å². The molecule has 0 rings (SSSR count). The van der Waals surface area contributed by atoms with Crippen molar-refractivity contribution in [2.75, 3.05) is 5.75 Å². The molecule has 8 heteroatoms. The number of carbonyl (C=O) groups is 3. The second-order valence-electron chi connectivity index (χ2n) is 3.81. The lowest BCUT2D eigenvalue weighted by Crippen LogP contribution is -2.41. The highest BCUT2D eigenvalue weighted by atomic mass is 32.1. The molecule has 5 N–H and O–H groups in total. The van der Waals surface area contributed by atoms with Gasteiger partial charge >= 0.3 is 11.9 Å². The molecular formula is C10H18N2O5S. The van der Waals surface area contributed by atoms with Crippen LogP contribution in [0.4, 0.5) is 0 Å². The van der Waals surface area contributed by atoms with Gasteiger partial charge in [-0.05, 0) is 25.0 Å². The molecule has 7 nitrogen and oxygen atoms in total. The first-order chi connectivity index (χ1) is 8.38. The number of rotatable bonds is 9. The Morgan fingerprint density at radius 3 is 2.22 bits per heavy atom. The van der Waals surface area contributed by atoms with Crippen LogP contribution in [0.5, 0.6) is 0 Å². The summed E-state index contributed by atoms with van der Waals surface area (Å²) in [6.07, 6.45) is 0.760. The van der Waals surface area contributed by atoms with E-state index in [2.05, 4.69) is 17.9 Å². The van der Waals surface area contributed by atoms with Crippen LogP contribution in [0.3, 0.4) is 0 Å². The van der Waals surface area contributed by atoms with Crippen molar-refractivity contribution >= 4 is 30.5 Å². The van der Waals surface area contributed by atoms with E-state index in [0.29, 0.717) is 12.2 Å². The molecule has 0 saturated heterocycles. The predicted octanol–water partition coefficient (Wildman–Crippen LogP) is -0.542. The first-order valence-electron chi connectivity index (χ1n) is 5.50. The maximum absolute atomic E-state index is 11.4. The van der Waals surface area contributed by atoms with Gasteiger partial charge in [0.15, 0.2) is 0 Å². The van der Waals surface area contributed by atoms with Crippen molar-refractivity contribution in [1.29, 1.82) is 0 Å². The smallest absolute Gasteiger partial charge is 0.326 e. The molecule has 0 aliphatic carbocycles. The highest BCUT2D eigenvalue weighted by molar-refractivity contribution is 7.80. The molecule has 0 aliphatic heterocycles. The summed E-state index contributed by atoms with van der Waals surface area (Å²) < 4.78 is 0. The third-order valence-electron chi connectivity index (χ3n) is 2.29. The fraction of sp³-hybridized carbons (Fsp3) is 0.700. The zero-order valence-corrected chi connectivity index (χ0v) is 10.7. The van der Waals surface area contributed by atoms with Crippen LogP contribution < -0.4 is 11.1 Å². The van der Waals surface area contributed by atoms with Gasteiger partial charge in [-0.2, -0.15) is 12.6 Å². The van der Waals surface area contributed by atoms with E-state index in [1.807, 2.05) is 0 Å². The normalized spacial score (nSPS) is 13.7. The molecule has 0 spiro atoms. The monoisotopic (exact) mass is 278 g/mol. The van der Waals surface area contributed by atoms with Gasteiger partial charge in [-0.15, -0.1) is 0 Å². The van der Waals surface area contributed by atoms with Gasteiger partial charge in [0.2, 0.25) is 5.91 Å². The number of carboxylic acids is 2. The molecule has 0 aromatic rings. The minimum absolute atomic E-state index is 0.0529. The van der Waals surface area contributed by atoms with Crippen LogP contribution in [0, 0.1) is 0 Å². The molecule has 18 heavy (non-hydrogen) atoms. The van der Waals surface area contributed by atoms with Gasteiger partial charge < -0.3 is 21.3 Å². The summed E-state index contributed by atoms with van der Waals surface area (Å²) in [5, 5.41) is 19.7. The largest absolute Gasteiger partial charge is 0.480 e. The molecule has 0 aromatic carbocycles. The number of thiol groups is 1. The summed E-state index contributed by atoms with van der Waals surface area (Å²) in [5.41, 5.74) is 5.26. The van der Waals surface area contributed by atoms with Gasteiger partial charge in [-0.25, -0.2) is 4.79 Å². The maximum atomic E-state index is 11.4. The lowest BCUT2D eigenvalue weighted by atomic mass is 10.1. The van der Waals surface area contributed by atoms with E-state index < -0.39 is 29.9 Å².